The first-order valence-corrected chi connectivity index (χ1v) is 7.96. The van der Waals surface area contributed by atoms with Crippen molar-refractivity contribution in [3.05, 3.63) is 33.8 Å². The first-order chi connectivity index (χ1) is 9.54. The van der Waals surface area contributed by atoms with Crippen LogP contribution in [0.3, 0.4) is 0 Å². The van der Waals surface area contributed by atoms with Gasteiger partial charge in [0.25, 0.3) is 0 Å². The van der Waals surface area contributed by atoms with Crippen LogP contribution in [0.5, 0.6) is 0 Å². The van der Waals surface area contributed by atoms with Crippen LogP contribution in [0.25, 0.3) is 0 Å². The van der Waals surface area contributed by atoms with E-state index in [1.807, 2.05) is 6.07 Å². The van der Waals surface area contributed by atoms with E-state index in [9.17, 15) is 4.79 Å². The number of ketones is 1. The van der Waals surface area contributed by atoms with E-state index in [1.165, 1.54) is 19.3 Å². The second kappa shape index (κ2) is 6.93. The summed E-state index contributed by atoms with van der Waals surface area (Å²) in [6, 6.07) is 5.29. The lowest BCUT2D eigenvalue weighted by Gasteiger charge is -2.35. The van der Waals surface area contributed by atoms with Gasteiger partial charge in [-0.3, -0.25) is 4.79 Å². The van der Waals surface area contributed by atoms with Crippen molar-refractivity contribution in [2.75, 3.05) is 6.54 Å². The average molecular weight is 314 g/mol. The molecule has 110 valence electrons. The third kappa shape index (κ3) is 3.97. The monoisotopic (exact) mass is 313 g/mol. The minimum Gasteiger partial charge on any atom is -0.330 e. The number of halogens is 2. The zero-order valence-electron chi connectivity index (χ0n) is 11.6. The molecule has 1 aliphatic carbocycles. The number of hydrogen-bond donors (Lipinski definition) is 1. The summed E-state index contributed by atoms with van der Waals surface area (Å²) in [4.78, 5) is 12.3. The van der Waals surface area contributed by atoms with E-state index in [1.54, 1.807) is 12.1 Å². The fourth-order valence-electron chi connectivity index (χ4n) is 3.11. The number of rotatable bonds is 5. The van der Waals surface area contributed by atoms with Crippen LogP contribution < -0.4 is 5.73 Å². The predicted molar refractivity (Wildman–Crippen MR) is 84.4 cm³/mol. The van der Waals surface area contributed by atoms with Crippen LogP contribution in [0.4, 0.5) is 0 Å². The van der Waals surface area contributed by atoms with Gasteiger partial charge in [-0.15, -0.1) is 0 Å². The van der Waals surface area contributed by atoms with Crippen molar-refractivity contribution in [1.29, 1.82) is 0 Å². The Kier molecular flexibility index (Phi) is 5.48. The van der Waals surface area contributed by atoms with Gasteiger partial charge in [-0.1, -0.05) is 48.5 Å². The molecule has 0 saturated heterocycles. The Balaban J connectivity index is 2.00. The number of carbonyl (C=O) groups is 1. The van der Waals surface area contributed by atoms with Gasteiger partial charge in [-0.05, 0) is 42.5 Å². The second-order valence-corrected chi connectivity index (χ2v) is 6.74. The van der Waals surface area contributed by atoms with Crippen molar-refractivity contribution in [3.8, 4) is 0 Å². The third-order valence-electron chi connectivity index (χ3n) is 4.32. The maximum absolute atomic E-state index is 12.3. The highest BCUT2D eigenvalue weighted by Crippen LogP contribution is 2.39. The summed E-state index contributed by atoms with van der Waals surface area (Å²) in [5.41, 5.74) is 6.81. The van der Waals surface area contributed by atoms with Gasteiger partial charge >= 0.3 is 0 Å². The van der Waals surface area contributed by atoms with Gasteiger partial charge in [-0.25, -0.2) is 0 Å². The fraction of sp³-hybridized carbons (Fsp3) is 0.562. The van der Waals surface area contributed by atoms with Crippen molar-refractivity contribution in [3.63, 3.8) is 0 Å². The highest BCUT2D eigenvalue weighted by Gasteiger charge is 2.32. The molecular weight excluding hydrogens is 293 g/mol. The van der Waals surface area contributed by atoms with Gasteiger partial charge in [-0.2, -0.15) is 0 Å². The number of hydrogen-bond acceptors (Lipinski definition) is 2. The van der Waals surface area contributed by atoms with Crippen molar-refractivity contribution in [1.82, 2.24) is 0 Å². The Hall–Kier alpha value is -0.570. The minimum atomic E-state index is 0.0221. The molecule has 1 aromatic rings. The summed E-state index contributed by atoms with van der Waals surface area (Å²) in [7, 11) is 0. The van der Waals surface area contributed by atoms with Gasteiger partial charge < -0.3 is 5.73 Å². The van der Waals surface area contributed by atoms with Crippen LogP contribution in [0.15, 0.2) is 18.2 Å². The maximum Gasteiger partial charge on any atom is 0.137 e. The lowest BCUT2D eigenvalue weighted by Crippen LogP contribution is -2.35. The molecule has 2 nitrogen and oxygen atoms in total. The molecule has 0 aliphatic heterocycles. The quantitative estimate of drug-likeness (QED) is 0.875. The largest absolute Gasteiger partial charge is 0.330 e. The van der Waals surface area contributed by atoms with Crippen LogP contribution in [0.1, 0.15) is 44.1 Å². The minimum absolute atomic E-state index is 0.0221. The number of Topliss-reactive ketones (excluding diaryl/α,β-unsaturated/α-hetero) is 1. The molecule has 4 heteroatoms. The number of benzene rings is 1. The van der Waals surface area contributed by atoms with E-state index < -0.39 is 0 Å². The van der Waals surface area contributed by atoms with Crippen LogP contribution in [-0.2, 0) is 11.2 Å². The summed E-state index contributed by atoms with van der Waals surface area (Å²) in [6.45, 7) is 0.604. The topological polar surface area (TPSA) is 43.1 Å². The molecule has 20 heavy (non-hydrogen) atoms. The Labute approximate surface area is 130 Å². The summed E-state index contributed by atoms with van der Waals surface area (Å²) >= 11 is 12.0. The highest BCUT2D eigenvalue weighted by atomic mass is 35.5. The molecule has 0 amide bonds. The molecule has 0 spiro atoms. The number of carbonyl (C=O) groups excluding carboxylic acids is 1. The molecule has 0 bridgehead atoms. The first kappa shape index (κ1) is 15.8. The molecule has 0 unspecified atom stereocenters. The third-order valence-corrected chi connectivity index (χ3v) is 4.91. The van der Waals surface area contributed by atoms with E-state index >= 15 is 0 Å². The van der Waals surface area contributed by atoms with Crippen molar-refractivity contribution < 1.29 is 4.79 Å². The highest BCUT2D eigenvalue weighted by molar-refractivity contribution is 6.35. The standard InChI is InChI=1S/C16H21Cl2NO/c17-13-5-4-12(15(18)9-13)8-14(20)10-16(11-19)6-2-1-3-7-16/h4-5,9H,1-3,6-8,10-11,19H2. The van der Waals surface area contributed by atoms with Crippen molar-refractivity contribution >= 4 is 29.0 Å². The predicted octanol–water partition coefficient (Wildman–Crippen LogP) is 4.40. The fourth-order valence-corrected chi connectivity index (χ4v) is 3.59. The Morgan fingerprint density at radius 3 is 2.50 bits per heavy atom. The van der Waals surface area contributed by atoms with Gasteiger partial charge in [0.1, 0.15) is 5.78 Å². The van der Waals surface area contributed by atoms with Crippen LogP contribution in [0, 0.1) is 5.41 Å². The SMILES string of the molecule is NCC1(CC(=O)Cc2ccc(Cl)cc2Cl)CCCCC1. The Morgan fingerprint density at radius 1 is 1.20 bits per heavy atom. The molecule has 0 radical (unpaired) electrons. The lowest BCUT2D eigenvalue weighted by molar-refractivity contribution is -0.121. The van der Waals surface area contributed by atoms with Gasteiger partial charge in [0, 0.05) is 22.9 Å². The van der Waals surface area contributed by atoms with Crippen molar-refractivity contribution in [2.45, 2.75) is 44.9 Å². The van der Waals surface area contributed by atoms with Gasteiger partial charge in [0.15, 0.2) is 0 Å². The molecule has 2 rings (SSSR count). The normalized spacial score (nSPS) is 17.9. The molecule has 1 fully saturated rings. The zero-order valence-corrected chi connectivity index (χ0v) is 13.1. The first-order valence-electron chi connectivity index (χ1n) is 7.20. The summed E-state index contributed by atoms with van der Waals surface area (Å²) in [6.07, 6.45) is 6.73. The maximum atomic E-state index is 12.3. The zero-order chi connectivity index (χ0) is 14.6. The molecule has 1 aliphatic rings. The van der Waals surface area contributed by atoms with E-state index in [0.29, 0.717) is 29.4 Å². The summed E-state index contributed by atoms with van der Waals surface area (Å²) in [5.74, 6) is 0.224. The van der Waals surface area contributed by atoms with E-state index in [4.69, 9.17) is 28.9 Å². The Bertz CT molecular complexity index is 481. The smallest absolute Gasteiger partial charge is 0.137 e. The van der Waals surface area contributed by atoms with E-state index in [-0.39, 0.29) is 11.2 Å². The van der Waals surface area contributed by atoms with Gasteiger partial charge in [0.2, 0.25) is 0 Å². The molecular formula is C16H21Cl2NO. The molecule has 2 N–H and O–H groups in total. The second-order valence-electron chi connectivity index (χ2n) is 5.89. The molecule has 0 aromatic heterocycles. The summed E-state index contributed by atoms with van der Waals surface area (Å²) in [5, 5.41) is 1.16. The van der Waals surface area contributed by atoms with Crippen LogP contribution >= 0.6 is 23.2 Å². The van der Waals surface area contributed by atoms with Crippen LogP contribution in [-0.4, -0.2) is 12.3 Å². The van der Waals surface area contributed by atoms with E-state index in [2.05, 4.69) is 0 Å². The van der Waals surface area contributed by atoms with Gasteiger partial charge in [0.05, 0.1) is 0 Å². The molecule has 0 heterocycles. The van der Waals surface area contributed by atoms with Crippen LogP contribution in [0.2, 0.25) is 10.0 Å². The number of nitrogens with two attached hydrogens (primary N) is 1. The van der Waals surface area contributed by atoms with Crippen molar-refractivity contribution in [2.24, 2.45) is 11.1 Å². The Morgan fingerprint density at radius 2 is 1.90 bits per heavy atom. The van der Waals surface area contributed by atoms with E-state index in [0.717, 1.165) is 18.4 Å². The molecule has 0 atom stereocenters. The molecule has 1 saturated carbocycles. The summed E-state index contributed by atoms with van der Waals surface area (Å²) < 4.78 is 0. The lowest BCUT2D eigenvalue weighted by atomic mass is 9.70. The molecule has 1 aromatic carbocycles. The average Bonchev–Trinajstić information content (AvgIpc) is 2.43.